The van der Waals surface area contributed by atoms with Gasteiger partial charge in [-0.1, -0.05) is 49.6 Å². The van der Waals surface area contributed by atoms with Crippen LogP contribution in [0.3, 0.4) is 0 Å². The van der Waals surface area contributed by atoms with Crippen molar-refractivity contribution < 1.29 is 14.3 Å². The monoisotopic (exact) mass is 404 g/mol. The molecule has 1 aliphatic carbocycles. The van der Waals surface area contributed by atoms with Crippen LogP contribution in [0.5, 0.6) is 0 Å². The van der Waals surface area contributed by atoms with Crippen molar-refractivity contribution in [3.8, 4) is 0 Å². The molecule has 1 amide bonds. The molecule has 1 fully saturated rings. The second-order valence-electron chi connectivity index (χ2n) is 8.02. The van der Waals surface area contributed by atoms with Gasteiger partial charge in [-0.2, -0.15) is 0 Å². The molecule has 156 valence electrons. The smallest absolute Gasteiger partial charge is 0.338 e. The Morgan fingerprint density at radius 1 is 1.00 bits per heavy atom. The van der Waals surface area contributed by atoms with E-state index in [-0.39, 0.29) is 11.9 Å². The highest BCUT2D eigenvalue weighted by atomic mass is 16.5. The maximum atomic E-state index is 13.7. The van der Waals surface area contributed by atoms with E-state index in [2.05, 4.69) is 22.8 Å². The van der Waals surface area contributed by atoms with E-state index in [1.165, 1.54) is 18.9 Å². The number of fused-ring (bicyclic) bond motifs is 1. The van der Waals surface area contributed by atoms with Crippen molar-refractivity contribution in [2.45, 2.75) is 44.7 Å². The number of methoxy groups -OCH3 is 1. The number of benzene rings is 2. The Hall–Kier alpha value is -3.08. The number of hydrogen-bond acceptors (Lipinski definition) is 3. The molecule has 1 heterocycles. The standard InChI is InChI=1S/C25H28N2O3/c1-26-20(16-18-10-6-9-15-23(18)26)17-27(19-11-4-3-5-12-19)24(28)21-13-7-8-14-22(21)25(29)30-2/h6-10,13-16,19H,3-5,11-12,17H2,1-2H3. The number of hydrogen-bond donors (Lipinski definition) is 0. The Balaban J connectivity index is 1.72. The first-order chi connectivity index (χ1) is 14.6. The van der Waals surface area contributed by atoms with Crippen LogP contribution in [0.2, 0.25) is 0 Å². The number of aromatic nitrogens is 1. The van der Waals surface area contributed by atoms with E-state index in [9.17, 15) is 9.59 Å². The molecule has 0 saturated heterocycles. The molecule has 0 unspecified atom stereocenters. The molecule has 0 bridgehead atoms. The van der Waals surface area contributed by atoms with Gasteiger partial charge in [-0.15, -0.1) is 0 Å². The van der Waals surface area contributed by atoms with Crippen molar-refractivity contribution in [2.75, 3.05) is 7.11 Å². The number of para-hydroxylation sites is 1. The van der Waals surface area contributed by atoms with Crippen LogP contribution in [0, 0.1) is 0 Å². The lowest BCUT2D eigenvalue weighted by atomic mass is 9.93. The van der Waals surface area contributed by atoms with Gasteiger partial charge < -0.3 is 14.2 Å². The summed E-state index contributed by atoms with van der Waals surface area (Å²) in [5, 5.41) is 1.17. The third-order valence-electron chi connectivity index (χ3n) is 6.22. The van der Waals surface area contributed by atoms with E-state index >= 15 is 0 Å². The van der Waals surface area contributed by atoms with E-state index in [4.69, 9.17) is 4.74 Å². The van der Waals surface area contributed by atoms with E-state index < -0.39 is 5.97 Å². The fraction of sp³-hybridized carbons (Fsp3) is 0.360. The van der Waals surface area contributed by atoms with Crippen molar-refractivity contribution in [3.63, 3.8) is 0 Å². The molecule has 0 aliphatic heterocycles. The number of rotatable bonds is 5. The Morgan fingerprint density at radius 2 is 1.67 bits per heavy atom. The average Bonchev–Trinajstić information content (AvgIpc) is 3.12. The SMILES string of the molecule is COC(=O)c1ccccc1C(=O)N(Cc1cc2ccccc2n1C)C1CCCCC1. The molecule has 1 aliphatic rings. The molecule has 2 aromatic carbocycles. The Kier molecular flexibility index (Phi) is 5.88. The van der Waals surface area contributed by atoms with E-state index in [0.29, 0.717) is 17.7 Å². The van der Waals surface area contributed by atoms with Crippen molar-refractivity contribution in [3.05, 3.63) is 71.4 Å². The summed E-state index contributed by atoms with van der Waals surface area (Å²) in [6.45, 7) is 0.518. The van der Waals surface area contributed by atoms with Crippen LogP contribution in [-0.2, 0) is 18.3 Å². The molecule has 1 saturated carbocycles. The van der Waals surface area contributed by atoms with E-state index in [0.717, 1.165) is 36.9 Å². The van der Waals surface area contributed by atoms with Crippen LogP contribution in [-0.4, -0.2) is 34.5 Å². The highest BCUT2D eigenvalue weighted by Gasteiger charge is 2.29. The lowest BCUT2D eigenvalue weighted by Crippen LogP contribution is -2.42. The third-order valence-corrected chi connectivity index (χ3v) is 6.22. The molecule has 4 rings (SSSR count). The molecule has 0 N–H and O–H groups in total. The number of esters is 1. The summed E-state index contributed by atoms with van der Waals surface area (Å²) in [6, 6.07) is 17.5. The van der Waals surface area contributed by atoms with Crippen molar-refractivity contribution in [2.24, 2.45) is 7.05 Å². The normalized spacial score (nSPS) is 14.6. The fourth-order valence-electron chi connectivity index (χ4n) is 4.54. The molecule has 5 heteroatoms. The predicted molar refractivity (Wildman–Crippen MR) is 117 cm³/mol. The maximum absolute atomic E-state index is 13.7. The number of nitrogens with zero attached hydrogens (tertiary/aromatic N) is 2. The summed E-state index contributed by atoms with van der Waals surface area (Å²) in [5.74, 6) is -0.583. The second-order valence-corrected chi connectivity index (χ2v) is 8.02. The fourth-order valence-corrected chi connectivity index (χ4v) is 4.54. The van der Waals surface area contributed by atoms with Crippen LogP contribution in [0.1, 0.15) is 58.5 Å². The van der Waals surface area contributed by atoms with Gasteiger partial charge in [-0.25, -0.2) is 4.79 Å². The molecular weight excluding hydrogens is 376 g/mol. The van der Waals surface area contributed by atoms with E-state index in [1.807, 2.05) is 24.1 Å². The van der Waals surface area contributed by atoms with Crippen LogP contribution in [0.4, 0.5) is 0 Å². The number of carbonyl (C=O) groups is 2. The minimum Gasteiger partial charge on any atom is -0.465 e. The van der Waals surface area contributed by atoms with Crippen molar-refractivity contribution in [1.29, 1.82) is 0 Å². The zero-order valence-electron chi connectivity index (χ0n) is 17.6. The lowest BCUT2D eigenvalue weighted by Gasteiger charge is -2.35. The number of aryl methyl sites for hydroxylation is 1. The Labute approximate surface area is 177 Å². The summed E-state index contributed by atoms with van der Waals surface area (Å²) in [7, 11) is 3.39. The number of ether oxygens (including phenoxy) is 1. The molecule has 0 radical (unpaired) electrons. The largest absolute Gasteiger partial charge is 0.465 e. The van der Waals surface area contributed by atoms with Gasteiger partial charge in [0.1, 0.15) is 0 Å². The number of amides is 1. The summed E-state index contributed by atoms with van der Waals surface area (Å²) < 4.78 is 7.07. The lowest BCUT2D eigenvalue weighted by molar-refractivity contribution is 0.0562. The third kappa shape index (κ3) is 3.84. The van der Waals surface area contributed by atoms with Gasteiger partial charge >= 0.3 is 5.97 Å². The first kappa shape index (κ1) is 20.2. The van der Waals surface area contributed by atoms with Crippen molar-refractivity contribution >= 4 is 22.8 Å². The Morgan fingerprint density at radius 3 is 2.37 bits per heavy atom. The van der Waals surface area contributed by atoms with Gasteiger partial charge in [0.05, 0.1) is 24.8 Å². The van der Waals surface area contributed by atoms with Crippen LogP contribution in [0.25, 0.3) is 10.9 Å². The summed E-state index contributed by atoms with van der Waals surface area (Å²) in [4.78, 5) is 28.0. The second kappa shape index (κ2) is 8.74. The van der Waals surface area contributed by atoms with Gasteiger partial charge in [0.2, 0.25) is 0 Å². The van der Waals surface area contributed by atoms with Gasteiger partial charge in [0.15, 0.2) is 0 Å². The molecule has 0 atom stereocenters. The summed E-state index contributed by atoms with van der Waals surface area (Å²) in [5.41, 5.74) is 2.97. The van der Waals surface area contributed by atoms with Gasteiger partial charge in [-0.05, 0) is 42.5 Å². The van der Waals surface area contributed by atoms with Crippen LogP contribution >= 0.6 is 0 Å². The molecule has 3 aromatic rings. The zero-order valence-corrected chi connectivity index (χ0v) is 17.6. The van der Waals surface area contributed by atoms with E-state index in [1.54, 1.807) is 24.3 Å². The quantitative estimate of drug-likeness (QED) is 0.566. The first-order valence-electron chi connectivity index (χ1n) is 10.6. The van der Waals surface area contributed by atoms with Crippen LogP contribution < -0.4 is 0 Å². The number of carbonyl (C=O) groups excluding carboxylic acids is 2. The minimum atomic E-state index is -0.479. The zero-order chi connectivity index (χ0) is 21.1. The predicted octanol–water partition coefficient (Wildman–Crippen LogP) is 4.94. The van der Waals surface area contributed by atoms with Gasteiger partial charge in [-0.3, -0.25) is 4.79 Å². The maximum Gasteiger partial charge on any atom is 0.338 e. The van der Waals surface area contributed by atoms with Gasteiger partial charge in [0, 0.05) is 24.3 Å². The molecule has 5 nitrogen and oxygen atoms in total. The summed E-state index contributed by atoms with van der Waals surface area (Å²) >= 11 is 0. The molecule has 0 spiro atoms. The van der Waals surface area contributed by atoms with Gasteiger partial charge in [0.25, 0.3) is 5.91 Å². The molecule has 30 heavy (non-hydrogen) atoms. The molecule has 1 aromatic heterocycles. The minimum absolute atomic E-state index is 0.104. The highest BCUT2D eigenvalue weighted by Crippen LogP contribution is 2.28. The Bertz CT molecular complexity index is 1060. The highest BCUT2D eigenvalue weighted by molar-refractivity contribution is 6.05. The molecular formula is C25H28N2O3. The van der Waals surface area contributed by atoms with Crippen molar-refractivity contribution in [1.82, 2.24) is 9.47 Å². The summed E-state index contributed by atoms with van der Waals surface area (Å²) in [6.07, 6.45) is 5.46. The first-order valence-corrected chi connectivity index (χ1v) is 10.6. The van der Waals surface area contributed by atoms with Crippen LogP contribution in [0.15, 0.2) is 54.6 Å². The topological polar surface area (TPSA) is 51.5 Å². The average molecular weight is 405 g/mol.